The molecule has 7 nitrogen and oxygen atoms in total. The summed E-state index contributed by atoms with van der Waals surface area (Å²) in [4.78, 5) is 37.9. The van der Waals surface area contributed by atoms with Gasteiger partial charge < -0.3 is 15.0 Å². The standard InChI is InChI=1S/C17H15N3O4/c1-10(21)13-7-15(19-9-13)17(23)24-11(2)16(22)20-14-6-4-3-5-12(14)8-18/h3-7,9,11,19H,1-2H3,(H,20,22)/t11-/m0/s1. The monoisotopic (exact) mass is 325 g/mol. The van der Waals surface area contributed by atoms with Crippen molar-refractivity contribution in [2.45, 2.75) is 20.0 Å². The second-order valence-corrected chi connectivity index (χ2v) is 5.05. The second kappa shape index (κ2) is 7.24. The van der Waals surface area contributed by atoms with Crippen molar-refractivity contribution in [3.05, 3.63) is 53.3 Å². The normalized spacial score (nSPS) is 11.2. The van der Waals surface area contributed by atoms with Gasteiger partial charge in [0.2, 0.25) is 0 Å². The number of hydrogen-bond acceptors (Lipinski definition) is 5. The molecule has 1 aromatic carbocycles. The van der Waals surface area contributed by atoms with Crippen LogP contribution in [-0.2, 0) is 9.53 Å². The molecule has 2 rings (SSSR count). The van der Waals surface area contributed by atoms with Gasteiger partial charge in [-0.2, -0.15) is 5.26 Å². The second-order valence-electron chi connectivity index (χ2n) is 5.05. The molecule has 0 radical (unpaired) electrons. The highest BCUT2D eigenvalue weighted by molar-refractivity contribution is 5.99. The third kappa shape index (κ3) is 3.87. The maximum absolute atomic E-state index is 12.1. The number of nitrogens with one attached hydrogen (secondary N) is 2. The first kappa shape index (κ1) is 17.0. The quantitative estimate of drug-likeness (QED) is 0.647. The van der Waals surface area contributed by atoms with Crippen LogP contribution in [0.15, 0.2) is 36.5 Å². The van der Waals surface area contributed by atoms with Crippen LogP contribution in [0.3, 0.4) is 0 Å². The van der Waals surface area contributed by atoms with E-state index in [2.05, 4.69) is 10.3 Å². The summed E-state index contributed by atoms with van der Waals surface area (Å²) in [6.45, 7) is 2.79. The number of amides is 1. The number of aromatic nitrogens is 1. The number of H-pyrrole nitrogens is 1. The molecule has 24 heavy (non-hydrogen) atoms. The van der Waals surface area contributed by atoms with Crippen molar-refractivity contribution in [1.29, 1.82) is 5.26 Å². The number of aromatic amines is 1. The molecule has 2 N–H and O–H groups in total. The van der Waals surface area contributed by atoms with Gasteiger partial charge in [-0.25, -0.2) is 4.79 Å². The first-order chi connectivity index (χ1) is 11.4. The number of benzene rings is 1. The molecule has 0 spiro atoms. The van der Waals surface area contributed by atoms with E-state index in [-0.39, 0.29) is 11.5 Å². The highest BCUT2D eigenvalue weighted by atomic mass is 16.5. The Hall–Kier alpha value is -3.40. The van der Waals surface area contributed by atoms with E-state index >= 15 is 0 Å². The summed E-state index contributed by atoms with van der Waals surface area (Å²) < 4.78 is 5.06. The summed E-state index contributed by atoms with van der Waals surface area (Å²) in [5.74, 6) is -1.51. The van der Waals surface area contributed by atoms with Crippen LogP contribution in [0, 0.1) is 11.3 Å². The molecule has 0 fully saturated rings. The van der Waals surface area contributed by atoms with Gasteiger partial charge in [0.25, 0.3) is 5.91 Å². The van der Waals surface area contributed by atoms with Gasteiger partial charge in [-0.05, 0) is 32.0 Å². The lowest BCUT2D eigenvalue weighted by molar-refractivity contribution is -0.123. The average molecular weight is 325 g/mol. The number of ether oxygens (including phenoxy) is 1. The van der Waals surface area contributed by atoms with Crippen LogP contribution < -0.4 is 5.32 Å². The van der Waals surface area contributed by atoms with Crippen molar-refractivity contribution in [1.82, 2.24) is 4.98 Å². The van der Waals surface area contributed by atoms with E-state index in [1.807, 2.05) is 6.07 Å². The van der Waals surface area contributed by atoms with E-state index < -0.39 is 18.0 Å². The molecule has 0 saturated carbocycles. The van der Waals surface area contributed by atoms with Gasteiger partial charge >= 0.3 is 5.97 Å². The van der Waals surface area contributed by atoms with Crippen molar-refractivity contribution in [3.63, 3.8) is 0 Å². The SMILES string of the molecule is CC(=O)c1c[nH]c(C(=O)O[C@@H](C)C(=O)Nc2ccccc2C#N)c1. The van der Waals surface area contributed by atoms with Crippen LogP contribution >= 0.6 is 0 Å². The third-order valence-electron chi connectivity index (χ3n) is 3.27. The minimum atomic E-state index is -1.08. The van der Waals surface area contributed by atoms with E-state index in [9.17, 15) is 14.4 Å². The summed E-state index contributed by atoms with van der Waals surface area (Å²) in [6, 6.07) is 9.82. The Bertz CT molecular complexity index is 832. The maximum atomic E-state index is 12.1. The summed E-state index contributed by atoms with van der Waals surface area (Å²) in [5, 5.41) is 11.5. The Morgan fingerprint density at radius 1 is 1.29 bits per heavy atom. The number of hydrogen-bond donors (Lipinski definition) is 2. The predicted octanol–water partition coefficient (Wildman–Crippen LogP) is 2.27. The molecule has 0 aliphatic rings. The van der Waals surface area contributed by atoms with Gasteiger partial charge in [-0.15, -0.1) is 0 Å². The fraction of sp³-hybridized carbons (Fsp3) is 0.176. The Kier molecular flexibility index (Phi) is 5.12. The van der Waals surface area contributed by atoms with E-state index in [0.29, 0.717) is 16.8 Å². The lowest BCUT2D eigenvalue weighted by Crippen LogP contribution is -2.30. The zero-order valence-electron chi connectivity index (χ0n) is 13.1. The molecule has 1 heterocycles. The molecule has 1 amide bonds. The molecule has 1 atom stereocenters. The van der Waals surface area contributed by atoms with Crippen LogP contribution in [-0.4, -0.2) is 28.7 Å². The number of Topliss-reactive ketones (excluding diaryl/α,β-unsaturated/α-hetero) is 1. The molecule has 0 saturated heterocycles. The van der Waals surface area contributed by atoms with Crippen LogP contribution in [0.25, 0.3) is 0 Å². The minimum absolute atomic E-state index is 0.0808. The van der Waals surface area contributed by atoms with Gasteiger partial charge in [-0.3, -0.25) is 9.59 Å². The molecule has 122 valence electrons. The molecule has 0 bridgehead atoms. The summed E-state index contributed by atoms with van der Waals surface area (Å²) in [6.07, 6.45) is 0.320. The molecular formula is C17H15N3O4. The molecular weight excluding hydrogens is 310 g/mol. The van der Waals surface area contributed by atoms with Crippen molar-refractivity contribution in [2.24, 2.45) is 0 Å². The number of nitrogens with zero attached hydrogens (tertiary/aromatic N) is 1. The Morgan fingerprint density at radius 3 is 2.62 bits per heavy atom. The summed E-state index contributed by atoms with van der Waals surface area (Å²) in [5.41, 5.74) is 1.07. The molecule has 0 aliphatic carbocycles. The third-order valence-corrected chi connectivity index (χ3v) is 3.27. The number of rotatable bonds is 5. The summed E-state index contributed by atoms with van der Waals surface area (Å²) in [7, 11) is 0. The first-order valence-corrected chi connectivity index (χ1v) is 7.12. The highest BCUT2D eigenvalue weighted by Gasteiger charge is 2.21. The molecule has 2 aromatic rings. The molecule has 7 heteroatoms. The topological polar surface area (TPSA) is 112 Å². The van der Waals surface area contributed by atoms with E-state index in [1.165, 1.54) is 26.1 Å². The number of para-hydroxylation sites is 1. The van der Waals surface area contributed by atoms with Crippen LogP contribution in [0.2, 0.25) is 0 Å². The number of anilines is 1. The largest absolute Gasteiger partial charge is 0.448 e. The van der Waals surface area contributed by atoms with Gasteiger partial charge in [0.1, 0.15) is 11.8 Å². The van der Waals surface area contributed by atoms with Crippen LogP contribution in [0.4, 0.5) is 5.69 Å². The lowest BCUT2D eigenvalue weighted by atomic mass is 10.2. The first-order valence-electron chi connectivity index (χ1n) is 7.12. The average Bonchev–Trinajstić information content (AvgIpc) is 3.05. The van der Waals surface area contributed by atoms with Gasteiger partial charge in [0, 0.05) is 11.8 Å². The van der Waals surface area contributed by atoms with Crippen LogP contribution in [0.5, 0.6) is 0 Å². The van der Waals surface area contributed by atoms with E-state index in [1.54, 1.807) is 24.3 Å². The molecule has 0 aliphatic heterocycles. The van der Waals surface area contributed by atoms with Crippen molar-refractivity contribution >= 4 is 23.3 Å². The Labute approximate surface area is 138 Å². The van der Waals surface area contributed by atoms with Crippen molar-refractivity contribution in [3.8, 4) is 6.07 Å². The molecule has 1 aromatic heterocycles. The zero-order chi connectivity index (χ0) is 17.7. The number of nitriles is 1. The fourth-order valence-electron chi connectivity index (χ4n) is 1.92. The van der Waals surface area contributed by atoms with Crippen molar-refractivity contribution < 1.29 is 19.1 Å². The number of ketones is 1. The van der Waals surface area contributed by atoms with Crippen molar-refractivity contribution in [2.75, 3.05) is 5.32 Å². The molecule has 0 unspecified atom stereocenters. The van der Waals surface area contributed by atoms with Gasteiger partial charge in [-0.1, -0.05) is 12.1 Å². The highest BCUT2D eigenvalue weighted by Crippen LogP contribution is 2.14. The minimum Gasteiger partial charge on any atom is -0.448 e. The maximum Gasteiger partial charge on any atom is 0.355 e. The van der Waals surface area contributed by atoms with Crippen LogP contribution in [0.1, 0.15) is 40.3 Å². The number of carbonyl (C=O) groups excluding carboxylic acids is 3. The predicted molar refractivity (Wildman–Crippen MR) is 85.5 cm³/mol. The Morgan fingerprint density at radius 2 is 2.00 bits per heavy atom. The lowest BCUT2D eigenvalue weighted by Gasteiger charge is -2.13. The Balaban J connectivity index is 2.01. The smallest absolute Gasteiger partial charge is 0.355 e. The summed E-state index contributed by atoms with van der Waals surface area (Å²) >= 11 is 0. The zero-order valence-corrected chi connectivity index (χ0v) is 13.1. The van der Waals surface area contributed by atoms with E-state index in [4.69, 9.17) is 10.00 Å². The van der Waals surface area contributed by atoms with E-state index in [0.717, 1.165) is 0 Å². The van der Waals surface area contributed by atoms with Gasteiger partial charge in [0.15, 0.2) is 11.9 Å². The number of carbonyl (C=O) groups is 3. The number of esters is 1. The van der Waals surface area contributed by atoms with Gasteiger partial charge in [0.05, 0.1) is 11.3 Å². The fourth-order valence-corrected chi connectivity index (χ4v) is 1.92.